The van der Waals surface area contributed by atoms with Gasteiger partial charge in [-0.05, 0) is 60.9 Å². The normalized spacial score (nSPS) is 10.7. The van der Waals surface area contributed by atoms with E-state index in [2.05, 4.69) is 29.7 Å². The van der Waals surface area contributed by atoms with Crippen molar-refractivity contribution < 1.29 is 9.53 Å². The summed E-state index contributed by atoms with van der Waals surface area (Å²) >= 11 is 0. The van der Waals surface area contributed by atoms with Crippen LogP contribution in [0.5, 0.6) is 11.5 Å². The van der Waals surface area contributed by atoms with Gasteiger partial charge in [0.2, 0.25) is 0 Å². The summed E-state index contributed by atoms with van der Waals surface area (Å²) in [5.74, 6) is 0.937. The van der Waals surface area contributed by atoms with Crippen molar-refractivity contribution in [3.8, 4) is 17.6 Å². The van der Waals surface area contributed by atoms with Crippen LogP contribution >= 0.6 is 0 Å². The van der Waals surface area contributed by atoms with Crippen LogP contribution < -0.4 is 15.4 Å². The number of benzene rings is 3. The molecule has 0 saturated carbocycles. The van der Waals surface area contributed by atoms with Gasteiger partial charge in [0.15, 0.2) is 0 Å². The van der Waals surface area contributed by atoms with E-state index >= 15 is 0 Å². The number of amides is 1. The third-order valence-electron chi connectivity index (χ3n) is 4.50. The molecule has 3 aromatic rings. The number of hydrogen-bond donors (Lipinski definition) is 2. The quantitative estimate of drug-likeness (QED) is 0.320. The van der Waals surface area contributed by atoms with E-state index in [1.807, 2.05) is 48.5 Å². The van der Waals surface area contributed by atoms with Crippen LogP contribution in [0.25, 0.3) is 0 Å². The molecule has 0 fully saturated rings. The van der Waals surface area contributed by atoms with E-state index in [9.17, 15) is 10.1 Å². The number of para-hydroxylation sites is 1. The highest BCUT2D eigenvalue weighted by atomic mass is 16.5. The largest absolute Gasteiger partial charge is 0.457 e. The lowest BCUT2D eigenvalue weighted by molar-refractivity contribution is -0.112. The van der Waals surface area contributed by atoms with Gasteiger partial charge < -0.3 is 15.4 Å². The van der Waals surface area contributed by atoms with Gasteiger partial charge >= 0.3 is 0 Å². The molecule has 1 amide bonds. The standard InChI is InChI=1S/C25H23N3O2/c1-19-7-5-6-8-20(19)15-16-27-18-21(17-26)25(29)28-22-11-13-24(14-12-22)30-23-9-3-2-4-10-23/h2-14,18,27H,15-16H2,1H3,(H,28,29)/b21-18-. The lowest BCUT2D eigenvalue weighted by Crippen LogP contribution is -2.18. The average Bonchev–Trinajstić information content (AvgIpc) is 2.77. The molecule has 0 heterocycles. The number of nitrogens with zero attached hydrogens (tertiary/aromatic N) is 1. The first-order valence-corrected chi connectivity index (χ1v) is 9.68. The molecule has 30 heavy (non-hydrogen) atoms. The van der Waals surface area contributed by atoms with Crippen molar-refractivity contribution in [1.82, 2.24) is 5.32 Å². The van der Waals surface area contributed by atoms with Crippen LogP contribution in [-0.4, -0.2) is 12.5 Å². The highest BCUT2D eigenvalue weighted by molar-refractivity contribution is 6.06. The molecule has 3 aromatic carbocycles. The van der Waals surface area contributed by atoms with Crippen molar-refractivity contribution in [3.63, 3.8) is 0 Å². The topological polar surface area (TPSA) is 74.2 Å². The molecule has 0 aromatic heterocycles. The molecule has 0 saturated heterocycles. The SMILES string of the molecule is Cc1ccccc1CCN/C=C(/C#N)C(=O)Nc1ccc(Oc2ccccc2)cc1. The summed E-state index contributed by atoms with van der Waals surface area (Å²) in [6, 6.07) is 26.5. The predicted molar refractivity (Wildman–Crippen MR) is 118 cm³/mol. The summed E-state index contributed by atoms with van der Waals surface area (Å²) in [7, 11) is 0. The Hall–Kier alpha value is -4.04. The Morgan fingerprint density at radius 3 is 2.33 bits per heavy atom. The highest BCUT2D eigenvalue weighted by Crippen LogP contribution is 2.22. The summed E-state index contributed by atoms with van der Waals surface area (Å²) in [6.07, 6.45) is 2.27. The number of anilines is 1. The van der Waals surface area contributed by atoms with Crippen LogP contribution in [0.1, 0.15) is 11.1 Å². The zero-order valence-electron chi connectivity index (χ0n) is 16.8. The molecule has 2 N–H and O–H groups in total. The molecule has 0 bridgehead atoms. The molecule has 0 spiro atoms. The lowest BCUT2D eigenvalue weighted by Gasteiger charge is -2.08. The maximum Gasteiger partial charge on any atom is 0.267 e. The number of rotatable bonds is 8. The van der Waals surface area contributed by atoms with E-state index in [1.54, 1.807) is 24.3 Å². The number of nitriles is 1. The van der Waals surface area contributed by atoms with Crippen LogP contribution in [0.3, 0.4) is 0 Å². The number of hydrogen-bond acceptors (Lipinski definition) is 4. The van der Waals surface area contributed by atoms with Crippen LogP contribution in [0.2, 0.25) is 0 Å². The zero-order valence-corrected chi connectivity index (χ0v) is 16.8. The van der Waals surface area contributed by atoms with Crippen molar-refractivity contribution in [2.45, 2.75) is 13.3 Å². The molecule has 0 radical (unpaired) electrons. The number of ether oxygens (including phenoxy) is 1. The van der Waals surface area contributed by atoms with Gasteiger partial charge in [-0.15, -0.1) is 0 Å². The monoisotopic (exact) mass is 397 g/mol. The highest BCUT2D eigenvalue weighted by Gasteiger charge is 2.09. The third kappa shape index (κ3) is 5.98. The molecule has 0 atom stereocenters. The van der Waals surface area contributed by atoms with Crippen LogP contribution in [0.15, 0.2) is 90.6 Å². The van der Waals surface area contributed by atoms with Gasteiger partial charge in [0.1, 0.15) is 23.1 Å². The average molecular weight is 397 g/mol. The maximum atomic E-state index is 12.4. The van der Waals surface area contributed by atoms with E-state index in [1.165, 1.54) is 17.3 Å². The van der Waals surface area contributed by atoms with Gasteiger partial charge in [-0.1, -0.05) is 42.5 Å². The maximum absolute atomic E-state index is 12.4. The van der Waals surface area contributed by atoms with Crippen molar-refractivity contribution >= 4 is 11.6 Å². The number of aryl methyl sites for hydroxylation is 1. The van der Waals surface area contributed by atoms with Crippen LogP contribution in [-0.2, 0) is 11.2 Å². The zero-order chi connectivity index (χ0) is 21.2. The summed E-state index contributed by atoms with van der Waals surface area (Å²) in [4.78, 5) is 12.4. The first-order chi connectivity index (χ1) is 14.7. The van der Waals surface area contributed by atoms with Gasteiger partial charge in [0, 0.05) is 18.4 Å². The minimum Gasteiger partial charge on any atom is -0.457 e. The molecule has 0 aliphatic carbocycles. The first-order valence-electron chi connectivity index (χ1n) is 9.68. The summed E-state index contributed by atoms with van der Waals surface area (Å²) < 4.78 is 5.73. The molecular formula is C25H23N3O2. The Kier molecular flexibility index (Phi) is 7.23. The molecule has 0 aliphatic rings. The summed E-state index contributed by atoms with van der Waals surface area (Å²) in [6.45, 7) is 2.70. The van der Waals surface area contributed by atoms with Crippen LogP contribution in [0.4, 0.5) is 5.69 Å². The Morgan fingerprint density at radius 2 is 1.63 bits per heavy atom. The van der Waals surface area contributed by atoms with Gasteiger partial charge in [0.25, 0.3) is 5.91 Å². The van der Waals surface area contributed by atoms with E-state index in [0.717, 1.165) is 12.2 Å². The van der Waals surface area contributed by atoms with E-state index in [0.29, 0.717) is 18.0 Å². The minimum absolute atomic E-state index is 0.0180. The van der Waals surface area contributed by atoms with Crippen molar-refractivity contribution in [2.75, 3.05) is 11.9 Å². The van der Waals surface area contributed by atoms with Crippen LogP contribution in [0, 0.1) is 18.3 Å². The smallest absolute Gasteiger partial charge is 0.267 e. The molecule has 0 unspecified atom stereocenters. The van der Waals surface area contributed by atoms with Gasteiger partial charge in [-0.3, -0.25) is 4.79 Å². The predicted octanol–water partition coefficient (Wildman–Crippen LogP) is 4.97. The van der Waals surface area contributed by atoms with Crippen molar-refractivity contribution in [2.24, 2.45) is 0 Å². The Balaban J connectivity index is 1.52. The number of carbonyl (C=O) groups excluding carboxylic acids is 1. The Labute approximate surface area is 176 Å². The second-order valence-corrected chi connectivity index (χ2v) is 6.69. The first kappa shape index (κ1) is 20.7. The Bertz CT molecular complexity index is 1050. The number of nitrogens with one attached hydrogen (secondary N) is 2. The fraction of sp³-hybridized carbons (Fsp3) is 0.120. The molecular weight excluding hydrogens is 374 g/mol. The third-order valence-corrected chi connectivity index (χ3v) is 4.50. The molecule has 5 heteroatoms. The van der Waals surface area contributed by atoms with Gasteiger partial charge in [-0.2, -0.15) is 5.26 Å². The number of carbonyl (C=O) groups is 1. The van der Waals surface area contributed by atoms with Crippen molar-refractivity contribution in [3.05, 3.63) is 102 Å². The summed E-state index contributed by atoms with van der Waals surface area (Å²) in [5.41, 5.74) is 3.06. The molecule has 150 valence electrons. The van der Waals surface area contributed by atoms with Crippen molar-refractivity contribution in [1.29, 1.82) is 5.26 Å². The fourth-order valence-electron chi connectivity index (χ4n) is 2.85. The van der Waals surface area contributed by atoms with E-state index in [4.69, 9.17) is 4.74 Å². The summed E-state index contributed by atoms with van der Waals surface area (Å²) in [5, 5.41) is 15.1. The molecule has 3 rings (SSSR count). The van der Waals surface area contributed by atoms with E-state index in [-0.39, 0.29) is 5.57 Å². The van der Waals surface area contributed by atoms with Gasteiger partial charge in [0.05, 0.1) is 0 Å². The molecule has 0 aliphatic heterocycles. The second kappa shape index (κ2) is 10.5. The van der Waals surface area contributed by atoms with Gasteiger partial charge in [-0.25, -0.2) is 0 Å². The van der Waals surface area contributed by atoms with E-state index < -0.39 is 5.91 Å². The lowest BCUT2D eigenvalue weighted by atomic mass is 10.1. The second-order valence-electron chi connectivity index (χ2n) is 6.69. The minimum atomic E-state index is -0.461. The molecule has 5 nitrogen and oxygen atoms in total. The fourth-order valence-corrected chi connectivity index (χ4v) is 2.85. The Morgan fingerprint density at radius 1 is 0.967 bits per heavy atom.